The molecule has 0 spiro atoms. The third-order valence-corrected chi connectivity index (χ3v) is 2.41. The molecule has 0 unspecified atom stereocenters. The van der Waals surface area contributed by atoms with Gasteiger partial charge in [0.15, 0.2) is 0 Å². The van der Waals surface area contributed by atoms with Crippen molar-refractivity contribution in [1.82, 2.24) is 10.6 Å². The summed E-state index contributed by atoms with van der Waals surface area (Å²) in [6, 6.07) is 6.68. The van der Waals surface area contributed by atoms with E-state index in [4.69, 9.17) is 5.73 Å². The molecule has 4 N–H and O–H groups in total. The van der Waals surface area contributed by atoms with Gasteiger partial charge in [0, 0.05) is 30.3 Å². The molecule has 0 atom stereocenters. The number of benzene rings is 1. The van der Waals surface area contributed by atoms with Gasteiger partial charge in [0.05, 0.1) is 0 Å². The van der Waals surface area contributed by atoms with Gasteiger partial charge in [-0.25, -0.2) is 0 Å². The summed E-state index contributed by atoms with van der Waals surface area (Å²) in [4.78, 5) is 22.9. The van der Waals surface area contributed by atoms with E-state index in [2.05, 4.69) is 10.6 Å². The van der Waals surface area contributed by atoms with Crippen LogP contribution in [-0.4, -0.2) is 24.9 Å². The minimum absolute atomic E-state index is 0.0169. The van der Waals surface area contributed by atoms with E-state index in [0.29, 0.717) is 24.3 Å². The Hall–Kier alpha value is -2.04. The zero-order valence-electron chi connectivity index (χ0n) is 10.7. The third-order valence-electron chi connectivity index (χ3n) is 2.41. The molecule has 0 saturated heterocycles. The van der Waals surface area contributed by atoms with E-state index in [1.807, 2.05) is 13.8 Å². The average Bonchev–Trinajstić information content (AvgIpc) is 2.34. The summed E-state index contributed by atoms with van der Waals surface area (Å²) in [7, 11) is 0. The minimum atomic E-state index is -0.172. The van der Waals surface area contributed by atoms with Gasteiger partial charge in [-0.05, 0) is 24.3 Å². The Kier molecular flexibility index (Phi) is 5.17. The zero-order valence-corrected chi connectivity index (χ0v) is 10.7. The average molecular weight is 249 g/mol. The van der Waals surface area contributed by atoms with Crippen molar-refractivity contribution in [3.05, 3.63) is 29.8 Å². The monoisotopic (exact) mass is 249 g/mol. The van der Waals surface area contributed by atoms with Crippen molar-refractivity contribution in [2.75, 3.05) is 18.8 Å². The van der Waals surface area contributed by atoms with Crippen LogP contribution in [0.2, 0.25) is 0 Å². The van der Waals surface area contributed by atoms with E-state index >= 15 is 0 Å². The summed E-state index contributed by atoms with van der Waals surface area (Å²) >= 11 is 0. The SMILES string of the molecule is CC(C)C(=O)NCCNC(=O)c1ccc(N)cc1. The number of nitrogens with two attached hydrogens (primary N) is 1. The van der Waals surface area contributed by atoms with Gasteiger partial charge in [-0.15, -0.1) is 0 Å². The fourth-order valence-electron chi connectivity index (χ4n) is 1.30. The number of amides is 2. The Morgan fingerprint density at radius 2 is 1.67 bits per heavy atom. The Morgan fingerprint density at radius 1 is 1.11 bits per heavy atom. The highest BCUT2D eigenvalue weighted by Crippen LogP contribution is 2.04. The third kappa shape index (κ3) is 4.45. The molecule has 0 aliphatic heterocycles. The number of rotatable bonds is 5. The maximum absolute atomic E-state index is 11.7. The first-order valence-electron chi connectivity index (χ1n) is 5.92. The molecule has 2 amide bonds. The first kappa shape index (κ1) is 14.0. The number of carbonyl (C=O) groups is 2. The van der Waals surface area contributed by atoms with Crippen molar-refractivity contribution in [3.8, 4) is 0 Å². The predicted octanol–water partition coefficient (Wildman–Crippen LogP) is 0.771. The van der Waals surface area contributed by atoms with Gasteiger partial charge in [0.2, 0.25) is 5.91 Å². The fourth-order valence-corrected chi connectivity index (χ4v) is 1.30. The number of hydrogen-bond donors (Lipinski definition) is 3. The van der Waals surface area contributed by atoms with Crippen LogP contribution < -0.4 is 16.4 Å². The summed E-state index contributed by atoms with van der Waals surface area (Å²) in [5.41, 5.74) is 6.71. The van der Waals surface area contributed by atoms with Gasteiger partial charge in [-0.2, -0.15) is 0 Å². The molecular formula is C13H19N3O2. The van der Waals surface area contributed by atoms with Crippen LogP contribution in [0.5, 0.6) is 0 Å². The summed E-state index contributed by atoms with van der Waals surface area (Å²) in [5.74, 6) is -0.233. The van der Waals surface area contributed by atoms with Gasteiger partial charge in [-0.1, -0.05) is 13.8 Å². The van der Waals surface area contributed by atoms with Crippen molar-refractivity contribution in [2.24, 2.45) is 5.92 Å². The lowest BCUT2D eigenvalue weighted by Gasteiger charge is -2.08. The normalized spacial score (nSPS) is 10.2. The lowest BCUT2D eigenvalue weighted by Crippen LogP contribution is -2.36. The van der Waals surface area contributed by atoms with Gasteiger partial charge in [0.25, 0.3) is 5.91 Å². The van der Waals surface area contributed by atoms with Crippen LogP contribution in [0, 0.1) is 5.92 Å². The summed E-state index contributed by atoms with van der Waals surface area (Å²) in [6.45, 7) is 4.48. The Balaban J connectivity index is 2.29. The molecule has 5 heteroatoms. The molecule has 0 saturated carbocycles. The van der Waals surface area contributed by atoms with Crippen molar-refractivity contribution in [2.45, 2.75) is 13.8 Å². The van der Waals surface area contributed by atoms with E-state index in [1.54, 1.807) is 24.3 Å². The van der Waals surface area contributed by atoms with Crippen LogP contribution in [0.15, 0.2) is 24.3 Å². The molecule has 0 radical (unpaired) electrons. The van der Waals surface area contributed by atoms with Crippen LogP contribution in [0.25, 0.3) is 0 Å². The van der Waals surface area contributed by atoms with Crippen molar-refractivity contribution < 1.29 is 9.59 Å². The summed E-state index contributed by atoms with van der Waals surface area (Å²) in [6.07, 6.45) is 0. The maximum atomic E-state index is 11.7. The Bertz CT molecular complexity index is 413. The lowest BCUT2D eigenvalue weighted by molar-refractivity contribution is -0.123. The molecule has 0 bridgehead atoms. The summed E-state index contributed by atoms with van der Waals surface area (Å²) in [5, 5.41) is 5.44. The molecule has 0 aromatic heterocycles. The maximum Gasteiger partial charge on any atom is 0.251 e. The molecule has 18 heavy (non-hydrogen) atoms. The molecule has 1 rings (SSSR count). The van der Waals surface area contributed by atoms with Crippen molar-refractivity contribution >= 4 is 17.5 Å². The second-order valence-corrected chi connectivity index (χ2v) is 4.32. The first-order valence-corrected chi connectivity index (χ1v) is 5.92. The van der Waals surface area contributed by atoms with Crippen LogP contribution in [0.1, 0.15) is 24.2 Å². The van der Waals surface area contributed by atoms with Crippen molar-refractivity contribution in [3.63, 3.8) is 0 Å². The van der Waals surface area contributed by atoms with Crippen LogP contribution >= 0.6 is 0 Å². The van der Waals surface area contributed by atoms with E-state index < -0.39 is 0 Å². The fraction of sp³-hybridized carbons (Fsp3) is 0.385. The van der Waals surface area contributed by atoms with E-state index in [0.717, 1.165) is 0 Å². The molecule has 0 aliphatic rings. The zero-order chi connectivity index (χ0) is 13.5. The highest BCUT2D eigenvalue weighted by molar-refractivity contribution is 5.94. The van der Waals surface area contributed by atoms with Crippen LogP contribution in [-0.2, 0) is 4.79 Å². The Morgan fingerprint density at radius 3 is 2.22 bits per heavy atom. The topological polar surface area (TPSA) is 84.2 Å². The molecule has 98 valence electrons. The van der Waals surface area contributed by atoms with Gasteiger partial charge < -0.3 is 16.4 Å². The van der Waals surface area contributed by atoms with E-state index in [1.165, 1.54) is 0 Å². The standard InChI is InChI=1S/C13H19N3O2/c1-9(2)12(17)15-7-8-16-13(18)10-3-5-11(14)6-4-10/h3-6,9H,7-8,14H2,1-2H3,(H,15,17)(H,16,18). The number of nitrogen functional groups attached to an aromatic ring is 1. The largest absolute Gasteiger partial charge is 0.399 e. The van der Waals surface area contributed by atoms with E-state index in [9.17, 15) is 9.59 Å². The van der Waals surface area contributed by atoms with Gasteiger partial charge in [-0.3, -0.25) is 9.59 Å². The second-order valence-electron chi connectivity index (χ2n) is 4.32. The lowest BCUT2D eigenvalue weighted by atomic mass is 10.2. The molecule has 0 heterocycles. The highest BCUT2D eigenvalue weighted by atomic mass is 16.2. The van der Waals surface area contributed by atoms with Gasteiger partial charge in [0.1, 0.15) is 0 Å². The number of nitrogens with one attached hydrogen (secondary N) is 2. The Labute approximate surface area is 107 Å². The van der Waals surface area contributed by atoms with Crippen LogP contribution in [0.3, 0.4) is 0 Å². The van der Waals surface area contributed by atoms with E-state index in [-0.39, 0.29) is 17.7 Å². The predicted molar refractivity (Wildman–Crippen MR) is 71.0 cm³/mol. The van der Waals surface area contributed by atoms with Crippen molar-refractivity contribution in [1.29, 1.82) is 0 Å². The first-order chi connectivity index (χ1) is 8.50. The molecule has 1 aromatic rings. The molecule has 5 nitrogen and oxygen atoms in total. The number of carbonyl (C=O) groups excluding carboxylic acids is 2. The molecule has 0 fully saturated rings. The smallest absolute Gasteiger partial charge is 0.251 e. The quantitative estimate of drug-likeness (QED) is 0.532. The molecule has 0 aliphatic carbocycles. The van der Waals surface area contributed by atoms with Crippen LogP contribution in [0.4, 0.5) is 5.69 Å². The summed E-state index contributed by atoms with van der Waals surface area (Å²) < 4.78 is 0. The minimum Gasteiger partial charge on any atom is -0.399 e. The van der Waals surface area contributed by atoms with Gasteiger partial charge >= 0.3 is 0 Å². The number of anilines is 1. The molecular weight excluding hydrogens is 230 g/mol. The second kappa shape index (κ2) is 6.64. The number of hydrogen-bond acceptors (Lipinski definition) is 3. The highest BCUT2D eigenvalue weighted by Gasteiger charge is 2.06. The molecule has 1 aromatic carbocycles.